The topological polar surface area (TPSA) is 72.2 Å². The van der Waals surface area contributed by atoms with Crippen molar-refractivity contribution in [3.05, 3.63) is 16.0 Å². The summed E-state index contributed by atoms with van der Waals surface area (Å²) in [6, 6.07) is 0. The van der Waals surface area contributed by atoms with Crippen molar-refractivity contribution in [3.63, 3.8) is 0 Å². The highest BCUT2D eigenvalue weighted by molar-refractivity contribution is 7.17. The minimum atomic E-state index is -0.420. The Morgan fingerprint density at radius 1 is 1.15 bits per heavy atom. The number of fused-ring (bicyclic) bond motifs is 1. The molecule has 3 N–H and O–H groups in total. The molecule has 27 heavy (non-hydrogen) atoms. The molecule has 1 aromatic rings. The maximum absolute atomic E-state index is 12.4. The van der Waals surface area contributed by atoms with Gasteiger partial charge in [-0.15, -0.1) is 11.3 Å². The van der Waals surface area contributed by atoms with Crippen LogP contribution in [0.3, 0.4) is 0 Å². The van der Waals surface area contributed by atoms with Gasteiger partial charge in [-0.25, -0.2) is 0 Å². The molecule has 4 nitrogen and oxygen atoms in total. The molecule has 0 radical (unpaired) electrons. The highest BCUT2D eigenvalue weighted by Gasteiger charge is 2.33. The quantitative estimate of drug-likeness (QED) is 0.530. The van der Waals surface area contributed by atoms with Crippen LogP contribution >= 0.6 is 11.3 Å². The second-order valence-electron chi connectivity index (χ2n) is 8.94. The highest BCUT2D eigenvalue weighted by Crippen LogP contribution is 2.44. The molecule has 1 unspecified atom stereocenters. The number of thiophene rings is 1. The maximum atomic E-state index is 12.4. The Balaban J connectivity index is 2.00. The average Bonchev–Trinajstić information content (AvgIpc) is 2.94. The summed E-state index contributed by atoms with van der Waals surface area (Å²) in [5.41, 5.74) is 7.54. The first kappa shape index (κ1) is 21.9. The first-order valence-electron chi connectivity index (χ1n) is 10.5. The first-order chi connectivity index (χ1) is 12.7. The van der Waals surface area contributed by atoms with Crippen LogP contribution in [0.4, 0.5) is 5.00 Å². The molecule has 152 valence electrons. The van der Waals surface area contributed by atoms with E-state index in [9.17, 15) is 9.59 Å². The summed E-state index contributed by atoms with van der Waals surface area (Å²) in [4.78, 5) is 25.6. The van der Waals surface area contributed by atoms with Gasteiger partial charge in [0, 0.05) is 11.3 Å². The molecule has 2 amide bonds. The summed E-state index contributed by atoms with van der Waals surface area (Å²) in [5, 5.41) is 3.65. The standard InChI is InChI=1S/C22H36N2O2S/c1-5-6-7-8-9-10-11-18(25)24-21-19(20(23)26)16-13-12-15(22(2,3)4)14-17(16)27-21/h15H,5-14H2,1-4H3,(H2,23,26)(H,24,25). The van der Waals surface area contributed by atoms with Crippen LogP contribution in [0, 0.1) is 11.3 Å². The van der Waals surface area contributed by atoms with Crippen molar-refractivity contribution in [1.82, 2.24) is 0 Å². The summed E-state index contributed by atoms with van der Waals surface area (Å²) in [6.45, 7) is 9.02. The highest BCUT2D eigenvalue weighted by atomic mass is 32.1. The zero-order valence-corrected chi connectivity index (χ0v) is 18.3. The molecule has 0 fully saturated rings. The molecule has 0 saturated heterocycles. The molecule has 0 aliphatic heterocycles. The monoisotopic (exact) mass is 392 g/mol. The lowest BCUT2D eigenvalue weighted by atomic mass is 9.72. The molecule has 0 spiro atoms. The molecule has 0 saturated carbocycles. The van der Waals surface area contributed by atoms with Gasteiger partial charge in [-0.3, -0.25) is 9.59 Å². The van der Waals surface area contributed by atoms with Gasteiger partial charge in [-0.05, 0) is 42.6 Å². The fourth-order valence-electron chi connectivity index (χ4n) is 3.93. The normalized spacial score (nSPS) is 16.8. The van der Waals surface area contributed by atoms with Crippen LogP contribution in [-0.2, 0) is 17.6 Å². The molecule has 1 aromatic heterocycles. The number of primary amides is 1. The van der Waals surface area contributed by atoms with Crippen molar-refractivity contribution in [2.75, 3.05) is 5.32 Å². The number of carbonyl (C=O) groups is 2. The van der Waals surface area contributed by atoms with Crippen LogP contribution in [0.2, 0.25) is 0 Å². The van der Waals surface area contributed by atoms with Crippen LogP contribution in [0.5, 0.6) is 0 Å². The van der Waals surface area contributed by atoms with Crippen molar-refractivity contribution < 1.29 is 9.59 Å². The zero-order chi connectivity index (χ0) is 20.0. The summed E-state index contributed by atoms with van der Waals surface area (Å²) in [7, 11) is 0. The Morgan fingerprint density at radius 3 is 2.44 bits per heavy atom. The Bertz CT molecular complexity index is 658. The maximum Gasteiger partial charge on any atom is 0.251 e. The molecule has 0 bridgehead atoms. The minimum Gasteiger partial charge on any atom is -0.365 e. The predicted octanol–water partition coefficient (Wildman–Crippen LogP) is 5.69. The summed E-state index contributed by atoms with van der Waals surface area (Å²) >= 11 is 1.56. The van der Waals surface area contributed by atoms with Gasteiger partial charge in [-0.2, -0.15) is 0 Å². The Kier molecular flexibility index (Phi) is 7.90. The van der Waals surface area contributed by atoms with E-state index in [0.29, 0.717) is 22.9 Å². The number of amides is 2. The largest absolute Gasteiger partial charge is 0.365 e. The molecule has 1 aliphatic carbocycles. The van der Waals surface area contributed by atoms with E-state index >= 15 is 0 Å². The SMILES string of the molecule is CCCCCCCCC(=O)Nc1sc2c(c1C(N)=O)CCC(C(C)(C)C)C2. The number of carbonyl (C=O) groups excluding carboxylic acids is 2. The van der Waals surface area contributed by atoms with E-state index in [1.807, 2.05) is 0 Å². The smallest absolute Gasteiger partial charge is 0.251 e. The van der Waals surface area contributed by atoms with Gasteiger partial charge in [0.25, 0.3) is 5.91 Å². The van der Waals surface area contributed by atoms with Gasteiger partial charge in [-0.1, -0.05) is 59.8 Å². The van der Waals surface area contributed by atoms with Gasteiger partial charge in [0.05, 0.1) is 5.56 Å². The lowest BCUT2D eigenvalue weighted by Gasteiger charge is -2.33. The summed E-state index contributed by atoms with van der Waals surface area (Å²) in [6.07, 6.45) is 10.3. The lowest BCUT2D eigenvalue weighted by molar-refractivity contribution is -0.116. The average molecular weight is 393 g/mol. The Labute approximate surface area is 168 Å². The van der Waals surface area contributed by atoms with Gasteiger partial charge < -0.3 is 11.1 Å². The minimum absolute atomic E-state index is 0.000963. The van der Waals surface area contributed by atoms with E-state index in [-0.39, 0.29) is 11.3 Å². The van der Waals surface area contributed by atoms with Gasteiger partial charge >= 0.3 is 0 Å². The van der Waals surface area contributed by atoms with E-state index in [4.69, 9.17) is 5.73 Å². The second-order valence-corrected chi connectivity index (χ2v) is 10.0. The number of anilines is 1. The van der Waals surface area contributed by atoms with Crippen molar-refractivity contribution in [2.24, 2.45) is 17.1 Å². The zero-order valence-electron chi connectivity index (χ0n) is 17.5. The Morgan fingerprint density at radius 2 is 1.81 bits per heavy atom. The van der Waals surface area contributed by atoms with Crippen LogP contribution < -0.4 is 11.1 Å². The van der Waals surface area contributed by atoms with E-state index in [2.05, 4.69) is 33.0 Å². The number of hydrogen-bond donors (Lipinski definition) is 2. The van der Waals surface area contributed by atoms with Crippen molar-refractivity contribution in [1.29, 1.82) is 0 Å². The van der Waals surface area contributed by atoms with Crippen molar-refractivity contribution in [2.45, 2.75) is 91.9 Å². The van der Waals surface area contributed by atoms with E-state index < -0.39 is 5.91 Å². The van der Waals surface area contributed by atoms with E-state index in [0.717, 1.165) is 37.7 Å². The molecular formula is C22H36N2O2S. The van der Waals surface area contributed by atoms with Crippen LogP contribution in [-0.4, -0.2) is 11.8 Å². The lowest BCUT2D eigenvalue weighted by Crippen LogP contribution is -2.27. The fraction of sp³-hybridized carbons (Fsp3) is 0.727. The number of hydrogen-bond acceptors (Lipinski definition) is 3. The van der Waals surface area contributed by atoms with Crippen molar-refractivity contribution in [3.8, 4) is 0 Å². The number of nitrogens with two attached hydrogens (primary N) is 1. The van der Waals surface area contributed by atoms with Crippen molar-refractivity contribution >= 4 is 28.2 Å². The van der Waals surface area contributed by atoms with Gasteiger partial charge in [0.15, 0.2) is 0 Å². The van der Waals surface area contributed by atoms with Crippen LogP contribution in [0.1, 0.15) is 99.9 Å². The number of unbranched alkanes of at least 4 members (excludes halogenated alkanes) is 5. The molecule has 5 heteroatoms. The van der Waals surface area contributed by atoms with E-state index in [1.165, 1.54) is 30.6 Å². The number of nitrogens with one attached hydrogen (secondary N) is 1. The summed E-state index contributed by atoms with van der Waals surface area (Å²) < 4.78 is 0. The summed E-state index contributed by atoms with van der Waals surface area (Å²) in [5.74, 6) is 0.173. The van der Waals surface area contributed by atoms with Crippen LogP contribution in [0.15, 0.2) is 0 Å². The fourth-order valence-corrected chi connectivity index (χ4v) is 5.28. The Hall–Kier alpha value is -1.36. The van der Waals surface area contributed by atoms with Gasteiger partial charge in [0.1, 0.15) is 5.00 Å². The van der Waals surface area contributed by atoms with Crippen LogP contribution in [0.25, 0.3) is 0 Å². The molecule has 2 rings (SSSR count). The second kappa shape index (κ2) is 9.72. The molecule has 0 aromatic carbocycles. The third kappa shape index (κ3) is 6.06. The molecule has 1 aliphatic rings. The first-order valence-corrected chi connectivity index (χ1v) is 11.3. The third-order valence-corrected chi connectivity index (χ3v) is 6.92. The van der Waals surface area contributed by atoms with Gasteiger partial charge in [0.2, 0.25) is 5.91 Å². The third-order valence-electron chi connectivity index (χ3n) is 5.75. The predicted molar refractivity (Wildman–Crippen MR) is 114 cm³/mol. The molecular weight excluding hydrogens is 356 g/mol. The molecule has 1 heterocycles. The van der Waals surface area contributed by atoms with E-state index in [1.54, 1.807) is 11.3 Å². The molecule has 1 atom stereocenters. The number of rotatable bonds is 9.